The van der Waals surface area contributed by atoms with Crippen molar-refractivity contribution in [3.05, 3.63) is 28.8 Å². The third-order valence-electron chi connectivity index (χ3n) is 4.87. The molecular weight excluding hydrogens is 350 g/mol. The second-order valence-electron chi connectivity index (χ2n) is 8.01. The number of hydrogen-bond acceptors (Lipinski definition) is 4. The summed E-state index contributed by atoms with van der Waals surface area (Å²) >= 11 is 0. The lowest BCUT2D eigenvalue weighted by molar-refractivity contribution is -0.132. The van der Waals surface area contributed by atoms with Gasteiger partial charge in [-0.1, -0.05) is 32.9 Å². The highest BCUT2D eigenvalue weighted by Crippen LogP contribution is 2.31. The number of carbonyl (C=O) groups is 1. The maximum Gasteiger partial charge on any atom is 0.243 e. The van der Waals surface area contributed by atoms with Crippen LogP contribution in [0.4, 0.5) is 0 Å². The van der Waals surface area contributed by atoms with Crippen molar-refractivity contribution in [1.29, 1.82) is 0 Å². The van der Waals surface area contributed by atoms with Crippen LogP contribution in [-0.2, 0) is 20.2 Å². The summed E-state index contributed by atoms with van der Waals surface area (Å²) in [6.45, 7) is 11.8. The highest BCUT2D eigenvalue weighted by molar-refractivity contribution is 7.89. The first-order valence-electron chi connectivity index (χ1n) is 9.08. The van der Waals surface area contributed by atoms with Gasteiger partial charge in [0.15, 0.2) is 0 Å². The molecule has 0 aromatic heterocycles. The molecule has 1 aliphatic rings. The van der Waals surface area contributed by atoms with E-state index in [9.17, 15) is 13.2 Å². The molecule has 1 aliphatic heterocycles. The van der Waals surface area contributed by atoms with Crippen LogP contribution >= 0.6 is 0 Å². The summed E-state index contributed by atoms with van der Waals surface area (Å²) in [4.78, 5) is 14.0. The number of nitrogens with two attached hydrogens (primary N) is 1. The number of nitrogens with zero attached hydrogens (tertiary/aromatic N) is 2. The Hall–Kier alpha value is -1.44. The molecule has 0 unspecified atom stereocenters. The number of amides is 1. The highest BCUT2D eigenvalue weighted by Gasteiger charge is 2.32. The van der Waals surface area contributed by atoms with Crippen LogP contribution in [0.15, 0.2) is 17.0 Å². The van der Waals surface area contributed by atoms with E-state index in [0.717, 1.165) is 16.7 Å². The Bertz CT molecular complexity index is 751. The minimum atomic E-state index is -3.58. The number of hydrogen-bond donors (Lipinski definition) is 1. The molecule has 1 saturated heterocycles. The lowest BCUT2D eigenvalue weighted by Crippen LogP contribution is -2.50. The van der Waals surface area contributed by atoms with E-state index in [1.807, 2.05) is 26.0 Å². The first-order valence-corrected chi connectivity index (χ1v) is 10.5. The van der Waals surface area contributed by atoms with Crippen LogP contribution in [0.2, 0.25) is 0 Å². The Kier molecular flexibility index (Phi) is 6.15. The highest BCUT2D eigenvalue weighted by atomic mass is 32.2. The third kappa shape index (κ3) is 4.27. The summed E-state index contributed by atoms with van der Waals surface area (Å²) in [5, 5.41) is 0. The fourth-order valence-corrected chi connectivity index (χ4v) is 5.21. The van der Waals surface area contributed by atoms with E-state index in [1.165, 1.54) is 4.31 Å². The lowest BCUT2D eigenvalue weighted by atomic mass is 9.85. The number of benzene rings is 1. The van der Waals surface area contributed by atoms with Crippen molar-refractivity contribution < 1.29 is 13.2 Å². The number of aryl methyl sites for hydroxylation is 2. The maximum atomic E-state index is 13.2. The van der Waals surface area contributed by atoms with Gasteiger partial charge in [-0.15, -0.1) is 0 Å². The fraction of sp³-hybridized carbons (Fsp3) is 0.632. The Balaban J connectivity index is 2.25. The minimum Gasteiger partial charge on any atom is -0.340 e. The molecule has 6 nitrogen and oxygen atoms in total. The number of piperazine rings is 1. The summed E-state index contributed by atoms with van der Waals surface area (Å²) < 4.78 is 27.9. The van der Waals surface area contributed by atoms with E-state index in [1.54, 1.807) is 4.90 Å². The number of carbonyl (C=O) groups excluding carboxylic acids is 1. The van der Waals surface area contributed by atoms with Gasteiger partial charge in [-0.25, -0.2) is 8.42 Å². The molecule has 1 heterocycles. The van der Waals surface area contributed by atoms with Gasteiger partial charge in [0.1, 0.15) is 0 Å². The molecule has 0 radical (unpaired) electrons. The maximum absolute atomic E-state index is 13.2. The monoisotopic (exact) mass is 381 g/mol. The van der Waals surface area contributed by atoms with Gasteiger partial charge in [-0.05, 0) is 36.0 Å². The topological polar surface area (TPSA) is 83.7 Å². The Labute approximate surface area is 157 Å². The van der Waals surface area contributed by atoms with Crippen molar-refractivity contribution in [3.8, 4) is 0 Å². The van der Waals surface area contributed by atoms with Crippen LogP contribution in [0, 0.1) is 13.8 Å². The van der Waals surface area contributed by atoms with Gasteiger partial charge in [0.25, 0.3) is 0 Å². The molecule has 26 heavy (non-hydrogen) atoms. The molecule has 2 N–H and O–H groups in total. The van der Waals surface area contributed by atoms with Crippen LogP contribution in [0.25, 0.3) is 0 Å². The summed E-state index contributed by atoms with van der Waals surface area (Å²) in [5.41, 5.74) is 8.07. The molecule has 1 aromatic carbocycles. The van der Waals surface area contributed by atoms with E-state index in [0.29, 0.717) is 44.0 Å². The zero-order valence-corrected chi connectivity index (χ0v) is 17.3. The van der Waals surface area contributed by atoms with Crippen molar-refractivity contribution in [2.75, 3.05) is 32.7 Å². The summed E-state index contributed by atoms with van der Waals surface area (Å²) in [7, 11) is -3.58. The Morgan fingerprint density at radius 1 is 1.08 bits per heavy atom. The first-order chi connectivity index (χ1) is 12.0. The van der Waals surface area contributed by atoms with Crippen molar-refractivity contribution in [2.45, 2.75) is 51.3 Å². The zero-order valence-electron chi connectivity index (χ0n) is 16.5. The third-order valence-corrected chi connectivity index (χ3v) is 7.08. The van der Waals surface area contributed by atoms with Crippen LogP contribution in [0.5, 0.6) is 0 Å². The van der Waals surface area contributed by atoms with Crippen molar-refractivity contribution in [2.24, 2.45) is 5.73 Å². The van der Waals surface area contributed by atoms with Gasteiger partial charge >= 0.3 is 0 Å². The zero-order chi connectivity index (χ0) is 19.7. The Morgan fingerprint density at radius 2 is 1.58 bits per heavy atom. The summed E-state index contributed by atoms with van der Waals surface area (Å²) in [6.07, 6.45) is 0.305. The normalized spacial score (nSPS) is 16.8. The summed E-state index contributed by atoms with van der Waals surface area (Å²) in [6, 6.07) is 3.95. The average molecular weight is 382 g/mol. The fourth-order valence-electron chi connectivity index (χ4n) is 3.38. The van der Waals surface area contributed by atoms with Crippen molar-refractivity contribution in [3.63, 3.8) is 0 Å². The quantitative estimate of drug-likeness (QED) is 0.862. The van der Waals surface area contributed by atoms with Gasteiger partial charge in [0.2, 0.25) is 15.9 Å². The van der Waals surface area contributed by atoms with Crippen LogP contribution in [0.1, 0.15) is 43.9 Å². The molecule has 0 bridgehead atoms. The van der Waals surface area contributed by atoms with Gasteiger partial charge in [0, 0.05) is 39.1 Å². The molecule has 0 saturated carbocycles. The van der Waals surface area contributed by atoms with E-state index in [-0.39, 0.29) is 11.3 Å². The second kappa shape index (κ2) is 7.66. The van der Waals surface area contributed by atoms with Crippen LogP contribution in [-0.4, -0.2) is 56.3 Å². The number of rotatable bonds is 4. The van der Waals surface area contributed by atoms with Gasteiger partial charge in [-0.3, -0.25) is 4.79 Å². The van der Waals surface area contributed by atoms with Gasteiger partial charge in [-0.2, -0.15) is 4.31 Å². The predicted octanol–water partition coefficient (Wildman–Crippen LogP) is 1.78. The van der Waals surface area contributed by atoms with E-state index < -0.39 is 10.0 Å². The molecule has 1 fully saturated rings. The predicted molar refractivity (Wildman–Crippen MR) is 104 cm³/mol. The minimum absolute atomic E-state index is 0.00793. The first kappa shape index (κ1) is 20.9. The van der Waals surface area contributed by atoms with Crippen molar-refractivity contribution in [1.82, 2.24) is 9.21 Å². The number of sulfonamides is 1. The molecule has 146 valence electrons. The van der Waals surface area contributed by atoms with Crippen molar-refractivity contribution >= 4 is 15.9 Å². The molecule has 1 amide bonds. The molecule has 0 spiro atoms. The van der Waals surface area contributed by atoms with Gasteiger partial charge < -0.3 is 10.6 Å². The molecule has 2 rings (SSSR count). The largest absolute Gasteiger partial charge is 0.340 e. The van der Waals surface area contributed by atoms with E-state index in [4.69, 9.17) is 5.73 Å². The molecule has 0 aliphatic carbocycles. The van der Waals surface area contributed by atoms with Crippen LogP contribution in [0.3, 0.4) is 0 Å². The standard InChI is InChI=1S/C19H31N3O3S/c1-14-12-16(19(3,4)5)13-15(2)18(14)26(24,25)22-10-8-21(9-11-22)17(23)6-7-20/h12-13H,6-11,20H2,1-5H3. The van der Waals surface area contributed by atoms with E-state index >= 15 is 0 Å². The SMILES string of the molecule is Cc1cc(C(C)(C)C)cc(C)c1S(=O)(=O)N1CCN(C(=O)CCN)CC1. The summed E-state index contributed by atoms with van der Waals surface area (Å²) in [5.74, 6) is -0.00793. The lowest BCUT2D eigenvalue weighted by Gasteiger charge is -2.34. The van der Waals surface area contributed by atoms with E-state index in [2.05, 4.69) is 20.8 Å². The molecular formula is C19H31N3O3S. The smallest absolute Gasteiger partial charge is 0.243 e. The van der Waals surface area contributed by atoms with Crippen LogP contribution < -0.4 is 5.73 Å². The van der Waals surface area contributed by atoms with Gasteiger partial charge in [0.05, 0.1) is 4.90 Å². The second-order valence-corrected chi connectivity index (χ2v) is 9.89. The Morgan fingerprint density at radius 3 is 2.00 bits per heavy atom. The molecule has 0 atom stereocenters. The molecule has 7 heteroatoms. The molecule has 1 aromatic rings. The average Bonchev–Trinajstić information content (AvgIpc) is 2.53.